The molecule has 4 heteroatoms. The summed E-state index contributed by atoms with van der Waals surface area (Å²) in [6.45, 7) is 4.49. The maximum absolute atomic E-state index is 12.4. The maximum atomic E-state index is 12.4. The van der Waals surface area contributed by atoms with Gasteiger partial charge in [0.1, 0.15) is 0 Å². The number of nitrogens with one attached hydrogen (secondary N) is 2. The van der Waals surface area contributed by atoms with Crippen molar-refractivity contribution in [2.45, 2.75) is 39.2 Å². The molecule has 0 aromatic heterocycles. The molecule has 0 radical (unpaired) electrons. The fourth-order valence-electron chi connectivity index (χ4n) is 2.97. The molecule has 0 bridgehead atoms. The molecule has 0 aliphatic rings. The van der Waals surface area contributed by atoms with Crippen LogP contribution in [0, 0.1) is 6.92 Å². The molecule has 25 heavy (non-hydrogen) atoms. The van der Waals surface area contributed by atoms with Gasteiger partial charge in [0.05, 0.1) is 6.54 Å². The van der Waals surface area contributed by atoms with Crippen LogP contribution in [0.2, 0.25) is 0 Å². The normalized spacial score (nSPS) is 12.0. The smallest absolute Gasteiger partial charge is 0.238 e. The highest BCUT2D eigenvalue weighted by atomic mass is 16.2. The van der Waals surface area contributed by atoms with E-state index < -0.39 is 0 Å². The van der Waals surface area contributed by atoms with Crippen molar-refractivity contribution >= 4 is 11.6 Å². The highest BCUT2D eigenvalue weighted by Gasteiger charge is 2.13. The van der Waals surface area contributed by atoms with Crippen molar-refractivity contribution in [1.29, 1.82) is 0 Å². The molecular formula is C21H28N2O2. The van der Waals surface area contributed by atoms with Gasteiger partial charge >= 0.3 is 0 Å². The topological polar surface area (TPSA) is 61.4 Å². The van der Waals surface area contributed by atoms with Crippen LogP contribution in [0.1, 0.15) is 42.5 Å². The van der Waals surface area contributed by atoms with E-state index in [2.05, 4.69) is 17.6 Å². The van der Waals surface area contributed by atoms with Gasteiger partial charge in [-0.05, 0) is 42.9 Å². The Hall–Kier alpha value is -2.17. The first-order valence-corrected chi connectivity index (χ1v) is 8.93. The van der Waals surface area contributed by atoms with Crippen molar-refractivity contribution in [2.24, 2.45) is 0 Å². The number of para-hydroxylation sites is 1. The van der Waals surface area contributed by atoms with Gasteiger partial charge in [0.2, 0.25) is 5.91 Å². The lowest BCUT2D eigenvalue weighted by Gasteiger charge is -2.19. The molecule has 0 saturated carbocycles. The monoisotopic (exact) mass is 340 g/mol. The zero-order valence-corrected chi connectivity index (χ0v) is 15.1. The molecule has 0 spiro atoms. The van der Waals surface area contributed by atoms with Crippen LogP contribution in [0.5, 0.6) is 0 Å². The second-order valence-corrected chi connectivity index (χ2v) is 6.22. The lowest BCUT2D eigenvalue weighted by atomic mass is 10.0. The molecular weight excluding hydrogens is 312 g/mol. The van der Waals surface area contributed by atoms with E-state index in [0.717, 1.165) is 35.2 Å². The van der Waals surface area contributed by atoms with Gasteiger partial charge in [-0.25, -0.2) is 0 Å². The Bertz CT molecular complexity index is 671. The van der Waals surface area contributed by atoms with Gasteiger partial charge in [0.15, 0.2) is 0 Å². The van der Waals surface area contributed by atoms with Gasteiger partial charge in [-0.1, -0.05) is 55.5 Å². The zero-order valence-electron chi connectivity index (χ0n) is 15.1. The molecule has 1 unspecified atom stereocenters. The van der Waals surface area contributed by atoms with Crippen LogP contribution in [0.25, 0.3) is 0 Å². The highest BCUT2D eigenvalue weighted by Crippen LogP contribution is 2.21. The Morgan fingerprint density at radius 1 is 1.12 bits per heavy atom. The van der Waals surface area contributed by atoms with E-state index in [4.69, 9.17) is 5.11 Å². The standard InChI is InChI=1S/C21H28N2O2/c1-3-17-12-7-9-16(2)21(17)23-20(25)15-22-19(13-8-14-24)18-10-5-4-6-11-18/h4-7,9-12,19,22,24H,3,8,13-15H2,1-2H3,(H,23,25). The number of hydrogen-bond donors (Lipinski definition) is 3. The number of anilines is 1. The van der Waals surface area contributed by atoms with Crippen LogP contribution < -0.4 is 10.6 Å². The molecule has 134 valence electrons. The summed E-state index contributed by atoms with van der Waals surface area (Å²) in [7, 11) is 0. The molecule has 2 rings (SSSR count). The largest absolute Gasteiger partial charge is 0.396 e. The predicted molar refractivity (Wildman–Crippen MR) is 103 cm³/mol. The second-order valence-electron chi connectivity index (χ2n) is 6.22. The molecule has 0 fully saturated rings. The number of aliphatic hydroxyl groups excluding tert-OH is 1. The van der Waals surface area contributed by atoms with Gasteiger partial charge in [0, 0.05) is 18.3 Å². The summed E-state index contributed by atoms with van der Waals surface area (Å²) in [5.41, 5.74) is 4.28. The third-order valence-electron chi connectivity index (χ3n) is 4.37. The number of carbonyl (C=O) groups is 1. The number of hydrogen-bond acceptors (Lipinski definition) is 3. The number of benzene rings is 2. The van der Waals surface area contributed by atoms with Crippen molar-refractivity contribution in [3.8, 4) is 0 Å². The van der Waals surface area contributed by atoms with Crippen LogP contribution in [-0.2, 0) is 11.2 Å². The minimum Gasteiger partial charge on any atom is -0.396 e. The summed E-state index contributed by atoms with van der Waals surface area (Å²) >= 11 is 0. The lowest BCUT2D eigenvalue weighted by molar-refractivity contribution is -0.115. The van der Waals surface area contributed by atoms with E-state index in [1.165, 1.54) is 0 Å². The zero-order chi connectivity index (χ0) is 18.1. The summed E-state index contributed by atoms with van der Waals surface area (Å²) < 4.78 is 0. The van der Waals surface area contributed by atoms with Crippen molar-refractivity contribution in [3.63, 3.8) is 0 Å². The highest BCUT2D eigenvalue weighted by molar-refractivity contribution is 5.93. The second kappa shape index (κ2) is 9.97. The molecule has 0 heterocycles. The average Bonchev–Trinajstić information content (AvgIpc) is 2.64. The van der Waals surface area contributed by atoms with E-state index in [0.29, 0.717) is 6.42 Å². The number of aryl methyl sites for hydroxylation is 2. The number of aliphatic hydroxyl groups is 1. The van der Waals surface area contributed by atoms with Gasteiger partial charge in [-0.3, -0.25) is 4.79 Å². The number of amides is 1. The summed E-state index contributed by atoms with van der Waals surface area (Å²) in [5, 5.41) is 15.5. The van der Waals surface area contributed by atoms with Crippen molar-refractivity contribution in [3.05, 3.63) is 65.2 Å². The molecule has 0 aliphatic carbocycles. The first kappa shape index (κ1) is 19.2. The van der Waals surface area contributed by atoms with Crippen LogP contribution in [0.4, 0.5) is 5.69 Å². The minimum absolute atomic E-state index is 0.0473. The fourth-order valence-corrected chi connectivity index (χ4v) is 2.97. The molecule has 1 atom stereocenters. The first-order valence-electron chi connectivity index (χ1n) is 8.93. The molecule has 4 nitrogen and oxygen atoms in total. The van der Waals surface area contributed by atoms with Crippen molar-refractivity contribution in [1.82, 2.24) is 5.32 Å². The Morgan fingerprint density at radius 3 is 2.56 bits per heavy atom. The summed E-state index contributed by atoms with van der Waals surface area (Å²) in [4.78, 5) is 12.4. The van der Waals surface area contributed by atoms with Crippen LogP contribution in [0.15, 0.2) is 48.5 Å². The Morgan fingerprint density at radius 2 is 1.88 bits per heavy atom. The average molecular weight is 340 g/mol. The summed E-state index contributed by atoms with van der Waals surface area (Å²) in [5.74, 6) is -0.0473. The third kappa shape index (κ3) is 5.69. The minimum atomic E-state index is -0.0473. The lowest BCUT2D eigenvalue weighted by Crippen LogP contribution is -2.32. The molecule has 2 aromatic rings. The van der Waals surface area contributed by atoms with Crippen LogP contribution in [0.3, 0.4) is 0 Å². The quantitative estimate of drug-likeness (QED) is 0.654. The number of carbonyl (C=O) groups excluding carboxylic acids is 1. The maximum Gasteiger partial charge on any atom is 0.238 e. The summed E-state index contributed by atoms with van der Waals surface area (Å²) in [6.07, 6.45) is 2.37. The van der Waals surface area contributed by atoms with E-state index in [1.54, 1.807) is 0 Å². The van der Waals surface area contributed by atoms with Gasteiger partial charge < -0.3 is 15.7 Å². The molecule has 2 aromatic carbocycles. The summed E-state index contributed by atoms with van der Waals surface area (Å²) in [6, 6.07) is 16.2. The van der Waals surface area contributed by atoms with Crippen molar-refractivity contribution in [2.75, 3.05) is 18.5 Å². The SMILES string of the molecule is CCc1cccc(C)c1NC(=O)CNC(CCCO)c1ccccc1. The predicted octanol–water partition coefficient (Wildman–Crippen LogP) is 3.60. The van der Waals surface area contributed by atoms with E-state index in [1.807, 2.05) is 55.5 Å². The Kier molecular flexibility index (Phi) is 7.64. The van der Waals surface area contributed by atoms with Crippen LogP contribution >= 0.6 is 0 Å². The van der Waals surface area contributed by atoms with Crippen LogP contribution in [-0.4, -0.2) is 24.2 Å². The Balaban J connectivity index is 1.99. The third-order valence-corrected chi connectivity index (χ3v) is 4.37. The van der Waals surface area contributed by atoms with Gasteiger partial charge in [-0.15, -0.1) is 0 Å². The fraction of sp³-hybridized carbons (Fsp3) is 0.381. The number of rotatable bonds is 9. The Labute approximate surface area is 150 Å². The molecule has 1 amide bonds. The van der Waals surface area contributed by atoms with E-state index in [-0.39, 0.29) is 25.1 Å². The van der Waals surface area contributed by atoms with E-state index in [9.17, 15) is 4.79 Å². The van der Waals surface area contributed by atoms with E-state index >= 15 is 0 Å². The molecule has 0 aliphatic heterocycles. The molecule has 3 N–H and O–H groups in total. The van der Waals surface area contributed by atoms with Gasteiger partial charge in [-0.2, -0.15) is 0 Å². The first-order chi connectivity index (χ1) is 12.2. The van der Waals surface area contributed by atoms with Gasteiger partial charge in [0.25, 0.3) is 0 Å². The molecule has 0 saturated heterocycles. The van der Waals surface area contributed by atoms with Crippen molar-refractivity contribution < 1.29 is 9.90 Å².